The zero-order valence-corrected chi connectivity index (χ0v) is 11.0. The highest BCUT2D eigenvalue weighted by Gasteiger charge is 2.18. The Morgan fingerprint density at radius 3 is 2.44 bits per heavy atom. The summed E-state index contributed by atoms with van der Waals surface area (Å²) in [4.78, 5) is 0. The van der Waals surface area contributed by atoms with E-state index in [0.29, 0.717) is 19.4 Å². The molecule has 0 aliphatic heterocycles. The number of rotatable bonds is 10. The minimum atomic E-state index is -0.609. The van der Waals surface area contributed by atoms with Crippen molar-refractivity contribution in [3.8, 4) is 0 Å². The van der Waals surface area contributed by atoms with Crippen LogP contribution in [0.1, 0.15) is 33.1 Å². The molecule has 4 nitrogen and oxygen atoms in total. The Balaban J connectivity index is 3.81. The Labute approximate surface area is 102 Å². The van der Waals surface area contributed by atoms with E-state index >= 15 is 0 Å². The molecule has 0 aromatic heterocycles. The summed E-state index contributed by atoms with van der Waals surface area (Å²) in [5.74, 6) is 0.986. The maximum Gasteiger partial charge on any atom is 0.116 e. The van der Waals surface area contributed by atoms with E-state index in [-0.39, 0.29) is 18.0 Å². The van der Waals surface area contributed by atoms with Gasteiger partial charge in [0.1, 0.15) is 6.23 Å². The molecule has 98 valence electrons. The lowest BCUT2D eigenvalue weighted by Gasteiger charge is -2.23. The van der Waals surface area contributed by atoms with E-state index in [1.54, 1.807) is 18.7 Å². The fourth-order valence-electron chi connectivity index (χ4n) is 1.30. The van der Waals surface area contributed by atoms with Gasteiger partial charge in [0.25, 0.3) is 0 Å². The molecule has 0 heterocycles. The Morgan fingerprint density at radius 2 is 1.94 bits per heavy atom. The van der Waals surface area contributed by atoms with Crippen molar-refractivity contribution in [2.24, 2.45) is 0 Å². The minimum Gasteiger partial charge on any atom is -0.396 e. The molecule has 0 bridgehead atoms. The van der Waals surface area contributed by atoms with Gasteiger partial charge in [-0.2, -0.15) is 11.8 Å². The van der Waals surface area contributed by atoms with Crippen LogP contribution >= 0.6 is 11.8 Å². The molecule has 2 unspecified atom stereocenters. The van der Waals surface area contributed by atoms with Crippen LogP contribution in [0.25, 0.3) is 0 Å². The first kappa shape index (κ1) is 16.2. The standard InChI is InChI=1S/C11H25NO3S/c1-3-8-16-10(5-7-13)11(15)12-6-4-9(2)14/h9-15H,3-8H2,1-2H3/t9?,10?,11-/m1/s1. The van der Waals surface area contributed by atoms with Gasteiger partial charge in [-0.15, -0.1) is 0 Å². The highest BCUT2D eigenvalue weighted by Crippen LogP contribution is 2.18. The van der Waals surface area contributed by atoms with Crippen molar-refractivity contribution >= 4 is 11.8 Å². The van der Waals surface area contributed by atoms with Gasteiger partial charge in [-0.3, -0.25) is 5.32 Å². The molecule has 0 fully saturated rings. The number of hydrogen-bond donors (Lipinski definition) is 4. The van der Waals surface area contributed by atoms with Gasteiger partial charge in [-0.25, -0.2) is 0 Å². The summed E-state index contributed by atoms with van der Waals surface area (Å²) in [6.45, 7) is 4.51. The second-order valence-electron chi connectivity index (χ2n) is 3.96. The topological polar surface area (TPSA) is 72.7 Å². The van der Waals surface area contributed by atoms with Crippen molar-refractivity contribution in [3.05, 3.63) is 0 Å². The fourth-order valence-corrected chi connectivity index (χ4v) is 2.39. The van der Waals surface area contributed by atoms with Gasteiger partial charge in [0.05, 0.1) is 6.10 Å². The van der Waals surface area contributed by atoms with E-state index in [4.69, 9.17) is 10.2 Å². The third kappa shape index (κ3) is 8.35. The molecule has 0 aliphatic rings. The van der Waals surface area contributed by atoms with Crippen LogP contribution < -0.4 is 5.32 Å². The molecule has 0 rings (SSSR count). The fraction of sp³-hybridized carbons (Fsp3) is 1.00. The average Bonchev–Trinajstić information content (AvgIpc) is 2.23. The Kier molecular flexibility index (Phi) is 10.5. The molecule has 0 aromatic carbocycles. The van der Waals surface area contributed by atoms with Crippen molar-refractivity contribution in [3.63, 3.8) is 0 Å². The van der Waals surface area contributed by atoms with Gasteiger partial charge in [-0.05, 0) is 38.5 Å². The first-order chi connectivity index (χ1) is 7.61. The van der Waals surface area contributed by atoms with Gasteiger partial charge in [0, 0.05) is 11.9 Å². The van der Waals surface area contributed by atoms with Crippen LogP contribution in [0.5, 0.6) is 0 Å². The summed E-state index contributed by atoms with van der Waals surface area (Å²) in [7, 11) is 0. The first-order valence-corrected chi connectivity index (χ1v) is 6.98. The number of hydrogen-bond acceptors (Lipinski definition) is 5. The monoisotopic (exact) mass is 251 g/mol. The summed E-state index contributed by atoms with van der Waals surface area (Å²) in [5.41, 5.74) is 0. The molecule has 0 amide bonds. The molecule has 0 saturated heterocycles. The number of thioether (sulfide) groups is 1. The average molecular weight is 251 g/mol. The Hall–Kier alpha value is 0.190. The maximum absolute atomic E-state index is 9.85. The van der Waals surface area contributed by atoms with Gasteiger partial charge in [-0.1, -0.05) is 6.92 Å². The highest BCUT2D eigenvalue weighted by molar-refractivity contribution is 7.99. The van der Waals surface area contributed by atoms with E-state index in [1.165, 1.54) is 0 Å². The lowest BCUT2D eigenvalue weighted by atomic mass is 10.2. The molecule has 3 atom stereocenters. The SMILES string of the molecule is CCCSC(CCO)[C@@H](O)NCCC(C)O. The summed E-state index contributed by atoms with van der Waals surface area (Å²) >= 11 is 1.68. The van der Waals surface area contributed by atoms with Crippen molar-refractivity contribution in [1.29, 1.82) is 0 Å². The Morgan fingerprint density at radius 1 is 1.25 bits per heavy atom. The smallest absolute Gasteiger partial charge is 0.116 e. The van der Waals surface area contributed by atoms with Crippen molar-refractivity contribution < 1.29 is 15.3 Å². The van der Waals surface area contributed by atoms with Crippen molar-refractivity contribution in [1.82, 2.24) is 5.32 Å². The van der Waals surface area contributed by atoms with E-state index in [2.05, 4.69) is 12.2 Å². The molecule has 5 heteroatoms. The van der Waals surface area contributed by atoms with Crippen LogP contribution in [0.4, 0.5) is 0 Å². The van der Waals surface area contributed by atoms with Gasteiger partial charge in [0.15, 0.2) is 0 Å². The predicted octanol–water partition coefficient (Wildman–Crippen LogP) is 0.560. The van der Waals surface area contributed by atoms with E-state index < -0.39 is 6.23 Å². The summed E-state index contributed by atoms with van der Waals surface area (Å²) < 4.78 is 0. The van der Waals surface area contributed by atoms with Crippen LogP contribution in [-0.2, 0) is 0 Å². The predicted molar refractivity (Wildman–Crippen MR) is 68.5 cm³/mol. The molecule has 0 aliphatic carbocycles. The van der Waals surface area contributed by atoms with Crippen molar-refractivity contribution in [2.45, 2.75) is 50.7 Å². The maximum atomic E-state index is 9.85. The molecular formula is C11H25NO3S. The van der Waals surface area contributed by atoms with Crippen LogP contribution in [0.2, 0.25) is 0 Å². The molecule has 0 aromatic rings. The van der Waals surface area contributed by atoms with E-state index in [0.717, 1.165) is 12.2 Å². The van der Waals surface area contributed by atoms with Crippen LogP contribution in [-0.4, -0.2) is 51.8 Å². The second kappa shape index (κ2) is 10.4. The lowest BCUT2D eigenvalue weighted by molar-refractivity contribution is 0.113. The van der Waals surface area contributed by atoms with Gasteiger partial charge >= 0.3 is 0 Å². The summed E-state index contributed by atoms with van der Waals surface area (Å²) in [6.07, 6.45) is 1.32. The third-order valence-corrected chi connectivity index (χ3v) is 3.78. The second-order valence-corrected chi connectivity index (χ2v) is 5.31. The quantitative estimate of drug-likeness (QED) is 0.427. The van der Waals surface area contributed by atoms with Gasteiger partial charge < -0.3 is 15.3 Å². The number of nitrogens with one attached hydrogen (secondary N) is 1. The normalized spacial score (nSPS) is 17.1. The zero-order chi connectivity index (χ0) is 12.4. The molecule has 0 radical (unpaired) electrons. The summed E-state index contributed by atoms with van der Waals surface area (Å²) in [5, 5.41) is 30.8. The number of aliphatic hydroxyl groups excluding tert-OH is 3. The molecule has 0 spiro atoms. The largest absolute Gasteiger partial charge is 0.396 e. The summed E-state index contributed by atoms with van der Waals surface area (Å²) in [6, 6.07) is 0. The third-order valence-electron chi connectivity index (χ3n) is 2.22. The van der Waals surface area contributed by atoms with Crippen LogP contribution in [0.3, 0.4) is 0 Å². The molecule has 4 N–H and O–H groups in total. The van der Waals surface area contributed by atoms with Crippen molar-refractivity contribution in [2.75, 3.05) is 18.9 Å². The molecular weight excluding hydrogens is 226 g/mol. The number of aliphatic hydroxyl groups is 3. The lowest BCUT2D eigenvalue weighted by Crippen LogP contribution is -2.39. The van der Waals surface area contributed by atoms with E-state index in [9.17, 15) is 5.11 Å². The van der Waals surface area contributed by atoms with E-state index in [1.807, 2.05) is 0 Å². The van der Waals surface area contributed by atoms with Crippen LogP contribution in [0.15, 0.2) is 0 Å². The van der Waals surface area contributed by atoms with Gasteiger partial charge in [0.2, 0.25) is 0 Å². The Bertz CT molecular complexity index is 158. The first-order valence-electron chi connectivity index (χ1n) is 5.93. The molecule has 0 saturated carbocycles. The highest BCUT2D eigenvalue weighted by atomic mass is 32.2. The minimum absolute atomic E-state index is 0.0268. The van der Waals surface area contributed by atoms with Crippen LogP contribution in [0, 0.1) is 0 Å². The zero-order valence-electron chi connectivity index (χ0n) is 10.2. The molecule has 16 heavy (non-hydrogen) atoms.